The molecule has 0 unspecified atom stereocenters. The second kappa shape index (κ2) is 5.30. The average Bonchev–Trinajstić information content (AvgIpc) is 2.29. The second-order valence-electron chi connectivity index (χ2n) is 2.90. The van der Waals surface area contributed by atoms with Gasteiger partial charge < -0.3 is 9.58 Å². The van der Waals surface area contributed by atoms with E-state index in [1.54, 1.807) is 0 Å². The lowest BCUT2D eigenvalue weighted by molar-refractivity contribution is -0.134. The normalized spacial score (nSPS) is 9.82. The first-order valence-corrected chi connectivity index (χ1v) is 4.34. The van der Waals surface area contributed by atoms with Crippen molar-refractivity contribution in [2.75, 3.05) is 6.54 Å². The summed E-state index contributed by atoms with van der Waals surface area (Å²) in [5.41, 5.74) is 0. The molecule has 0 saturated heterocycles. The second-order valence-corrected chi connectivity index (χ2v) is 2.90. The number of esters is 1. The third-order valence-corrected chi connectivity index (χ3v) is 1.72. The lowest BCUT2D eigenvalue weighted by Gasteiger charge is -2.06. The number of rotatable bonds is 3. The predicted molar refractivity (Wildman–Crippen MR) is 48.0 cm³/mol. The molecule has 17 heavy (non-hydrogen) atoms. The summed E-state index contributed by atoms with van der Waals surface area (Å²) in [6.07, 6.45) is -0.430. The average molecular weight is 247 g/mol. The Morgan fingerprint density at radius 3 is 2.24 bits per heavy atom. The van der Waals surface area contributed by atoms with Gasteiger partial charge in [0, 0.05) is 6.07 Å². The molecule has 1 aromatic carbocycles. The minimum Gasteiger partial charge on any atom is -0.420 e. The number of hydrogen-bond acceptors (Lipinski definition) is 2. The smallest absolute Gasteiger partial charge is 0.318 e. The highest BCUT2D eigenvalue weighted by Crippen LogP contribution is 2.26. The number of nitrogens with zero attached hydrogens (tertiary/aromatic N) is 1. The standard InChI is InChI=1S/C10H5F4NO2/c1-15-3-2-7(16)17-10-8(13)5(11)4-6(12)9(10)14/h4H,2-3H2. The molecule has 0 heterocycles. The van der Waals surface area contributed by atoms with Crippen LogP contribution in [0.25, 0.3) is 4.85 Å². The van der Waals surface area contributed by atoms with Crippen molar-refractivity contribution < 1.29 is 27.1 Å². The highest BCUT2D eigenvalue weighted by atomic mass is 19.2. The quantitative estimate of drug-likeness (QED) is 0.270. The van der Waals surface area contributed by atoms with Crippen molar-refractivity contribution in [3.63, 3.8) is 0 Å². The summed E-state index contributed by atoms with van der Waals surface area (Å²) in [6.45, 7) is 6.13. The van der Waals surface area contributed by atoms with E-state index in [4.69, 9.17) is 6.57 Å². The topological polar surface area (TPSA) is 30.7 Å². The van der Waals surface area contributed by atoms with Gasteiger partial charge in [-0.05, 0) is 0 Å². The van der Waals surface area contributed by atoms with E-state index in [0.717, 1.165) is 0 Å². The van der Waals surface area contributed by atoms with E-state index >= 15 is 0 Å². The number of carbonyl (C=O) groups excluding carboxylic acids is 1. The molecule has 90 valence electrons. The number of carbonyl (C=O) groups is 1. The highest BCUT2D eigenvalue weighted by Gasteiger charge is 2.23. The first kappa shape index (κ1) is 13.0. The molecule has 0 saturated carbocycles. The van der Waals surface area contributed by atoms with Crippen LogP contribution in [-0.4, -0.2) is 12.5 Å². The van der Waals surface area contributed by atoms with E-state index < -0.39 is 41.4 Å². The van der Waals surface area contributed by atoms with Gasteiger partial charge in [-0.25, -0.2) is 15.4 Å². The summed E-state index contributed by atoms with van der Waals surface area (Å²) in [4.78, 5) is 13.8. The van der Waals surface area contributed by atoms with Crippen LogP contribution in [0.2, 0.25) is 0 Å². The van der Waals surface area contributed by atoms with Crippen LogP contribution < -0.4 is 4.74 Å². The van der Waals surface area contributed by atoms with Crippen LogP contribution in [0.1, 0.15) is 6.42 Å². The van der Waals surface area contributed by atoms with Crippen LogP contribution in [0.15, 0.2) is 6.07 Å². The fourth-order valence-electron chi connectivity index (χ4n) is 0.953. The van der Waals surface area contributed by atoms with E-state index in [1.165, 1.54) is 0 Å². The third-order valence-electron chi connectivity index (χ3n) is 1.72. The molecule has 0 atom stereocenters. The first-order chi connectivity index (χ1) is 7.97. The van der Waals surface area contributed by atoms with Gasteiger partial charge in [0.1, 0.15) is 6.42 Å². The van der Waals surface area contributed by atoms with E-state index in [9.17, 15) is 22.4 Å². The molecule has 0 amide bonds. The Bertz CT molecular complexity index is 470. The maximum absolute atomic E-state index is 13.0. The molecule has 0 aliphatic carbocycles. The fourth-order valence-corrected chi connectivity index (χ4v) is 0.953. The molecule has 1 rings (SSSR count). The molecule has 3 nitrogen and oxygen atoms in total. The van der Waals surface area contributed by atoms with Crippen molar-refractivity contribution in [3.05, 3.63) is 40.8 Å². The Balaban J connectivity index is 2.99. The summed E-state index contributed by atoms with van der Waals surface area (Å²) in [5, 5.41) is 0. The summed E-state index contributed by atoms with van der Waals surface area (Å²) >= 11 is 0. The molecular weight excluding hydrogens is 242 g/mol. The maximum atomic E-state index is 13.0. The van der Waals surface area contributed by atoms with Gasteiger partial charge in [-0.15, -0.1) is 0 Å². The number of benzene rings is 1. The zero-order valence-electron chi connectivity index (χ0n) is 8.27. The minimum absolute atomic E-state index is 0.00113. The van der Waals surface area contributed by atoms with Crippen LogP contribution in [0.3, 0.4) is 0 Å². The van der Waals surface area contributed by atoms with E-state index in [1.807, 2.05) is 0 Å². The molecule has 0 N–H and O–H groups in total. The fraction of sp³-hybridized carbons (Fsp3) is 0.200. The van der Waals surface area contributed by atoms with Gasteiger partial charge in [-0.1, -0.05) is 0 Å². The van der Waals surface area contributed by atoms with Gasteiger partial charge >= 0.3 is 5.97 Å². The van der Waals surface area contributed by atoms with Gasteiger partial charge in [0.15, 0.2) is 11.6 Å². The molecule has 0 aromatic heterocycles. The largest absolute Gasteiger partial charge is 0.420 e. The molecule has 0 radical (unpaired) electrons. The van der Waals surface area contributed by atoms with Crippen molar-refractivity contribution in [2.24, 2.45) is 0 Å². The van der Waals surface area contributed by atoms with E-state index in [0.29, 0.717) is 0 Å². The zero-order chi connectivity index (χ0) is 13.0. The van der Waals surface area contributed by atoms with Crippen molar-refractivity contribution in [1.82, 2.24) is 0 Å². The van der Waals surface area contributed by atoms with Crippen LogP contribution in [0.4, 0.5) is 17.6 Å². The monoisotopic (exact) mass is 247 g/mol. The lowest BCUT2D eigenvalue weighted by atomic mass is 10.3. The van der Waals surface area contributed by atoms with Crippen LogP contribution >= 0.6 is 0 Å². The van der Waals surface area contributed by atoms with Crippen LogP contribution in [0.5, 0.6) is 5.75 Å². The van der Waals surface area contributed by atoms with E-state index in [2.05, 4.69) is 9.58 Å². The maximum Gasteiger partial charge on any atom is 0.318 e. The Kier molecular flexibility index (Phi) is 4.04. The molecule has 0 spiro atoms. The summed E-state index contributed by atoms with van der Waals surface area (Å²) in [7, 11) is 0. The minimum atomic E-state index is -1.79. The number of halogens is 4. The molecular formula is C10H5F4NO2. The number of ether oxygens (including phenoxy) is 1. The molecule has 0 fully saturated rings. The molecule has 0 aliphatic rings. The molecule has 1 aromatic rings. The summed E-state index contributed by atoms with van der Waals surface area (Å²) in [5.74, 6) is -9.50. The SMILES string of the molecule is [C-]#[N+]CCC(=O)Oc1c(F)c(F)cc(F)c1F. The van der Waals surface area contributed by atoms with Crippen LogP contribution in [0, 0.1) is 29.8 Å². The molecule has 0 aliphatic heterocycles. The lowest BCUT2D eigenvalue weighted by Crippen LogP contribution is -2.12. The zero-order valence-corrected chi connectivity index (χ0v) is 8.27. The predicted octanol–water partition coefficient (Wildman–Crippen LogP) is 2.46. The molecule has 7 heteroatoms. The first-order valence-electron chi connectivity index (χ1n) is 4.34. The third kappa shape index (κ3) is 2.93. The Hall–Kier alpha value is -2.10. The Morgan fingerprint density at radius 1 is 1.24 bits per heavy atom. The molecule has 0 bridgehead atoms. The van der Waals surface area contributed by atoms with Crippen molar-refractivity contribution in [1.29, 1.82) is 0 Å². The van der Waals surface area contributed by atoms with Gasteiger partial charge in [-0.3, -0.25) is 4.79 Å². The Morgan fingerprint density at radius 2 is 1.76 bits per heavy atom. The van der Waals surface area contributed by atoms with Gasteiger partial charge in [-0.2, -0.15) is 8.78 Å². The van der Waals surface area contributed by atoms with Crippen molar-refractivity contribution in [2.45, 2.75) is 6.42 Å². The van der Waals surface area contributed by atoms with E-state index in [-0.39, 0.29) is 12.6 Å². The van der Waals surface area contributed by atoms with Gasteiger partial charge in [0.05, 0.1) is 0 Å². The summed E-state index contributed by atoms with van der Waals surface area (Å²) in [6, 6.07) is 0.00113. The highest BCUT2D eigenvalue weighted by molar-refractivity contribution is 5.72. The van der Waals surface area contributed by atoms with Crippen LogP contribution in [-0.2, 0) is 4.79 Å². The van der Waals surface area contributed by atoms with Gasteiger partial charge in [0.2, 0.25) is 23.9 Å². The Labute approximate surface area is 93.4 Å². The van der Waals surface area contributed by atoms with Gasteiger partial charge in [0.25, 0.3) is 0 Å². The summed E-state index contributed by atoms with van der Waals surface area (Å²) < 4.78 is 55.5. The van der Waals surface area contributed by atoms with Crippen molar-refractivity contribution >= 4 is 5.97 Å². The van der Waals surface area contributed by atoms with Crippen molar-refractivity contribution in [3.8, 4) is 5.75 Å². The number of hydrogen-bond donors (Lipinski definition) is 0.